The summed E-state index contributed by atoms with van der Waals surface area (Å²) < 4.78 is 5.93. The van der Waals surface area contributed by atoms with E-state index in [1.165, 1.54) is 12.1 Å². The number of hydrogen-bond acceptors (Lipinski definition) is 8. The van der Waals surface area contributed by atoms with Crippen LogP contribution in [-0.2, 0) is 22.5 Å². The lowest BCUT2D eigenvalue weighted by Gasteiger charge is -2.43. The maximum absolute atomic E-state index is 13.1. The number of nitrogens with zero attached hydrogens (tertiary/aromatic N) is 1. The number of pyridine rings is 1. The molecule has 2 bridgehead atoms. The third-order valence-corrected chi connectivity index (χ3v) is 10.3. The van der Waals surface area contributed by atoms with E-state index in [0.29, 0.717) is 59.6 Å². The molecule has 53 heavy (non-hydrogen) atoms. The Bertz CT molecular complexity index is 2110. The summed E-state index contributed by atoms with van der Waals surface area (Å²) in [7, 11) is 0. The predicted octanol–water partition coefficient (Wildman–Crippen LogP) is 6.33. The van der Waals surface area contributed by atoms with Crippen molar-refractivity contribution in [2.75, 3.05) is 36.8 Å². The summed E-state index contributed by atoms with van der Waals surface area (Å²) in [5.74, 6) is 0.290. The Morgan fingerprint density at radius 3 is 2.43 bits per heavy atom. The Morgan fingerprint density at radius 2 is 1.68 bits per heavy atom. The number of benzene rings is 4. The number of amides is 2. The monoisotopic (exact) mass is 715 g/mol. The predicted molar refractivity (Wildman–Crippen MR) is 206 cm³/mol. The lowest BCUT2D eigenvalue weighted by molar-refractivity contribution is -0.116. The summed E-state index contributed by atoms with van der Waals surface area (Å²) in [4.78, 5) is 42.6. The highest BCUT2D eigenvalue weighted by Crippen LogP contribution is 2.33. The molecule has 0 radical (unpaired) electrons. The molecule has 5 aromatic rings. The summed E-state index contributed by atoms with van der Waals surface area (Å²) in [6.45, 7) is 3.71. The average molecular weight is 716 g/mol. The number of aliphatic hydroxyl groups excluding tert-OH is 1. The highest BCUT2D eigenvalue weighted by molar-refractivity contribution is 5.92. The van der Waals surface area contributed by atoms with Gasteiger partial charge in [0.1, 0.15) is 11.9 Å². The van der Waals surface area contributed by atoms with Crippen molar-refractivity contribution in [1.82, 2.24) is 15.2 Å². The molecule has 2 atom stereocenters. The molecule has 8 rings (SSSR count). The second-order valence-electron chi connectivity index (χ2n) is 14.0. The normalized spacial score (nSPS) is 18.4. The van der Waals surface area contributed by atoms with Crippen LogP contribution in [0.1, 0.15) is 48.5 Å². The van der Waals surface area contributed by atoms with Crippen LogP contribution < -0.4 is 21.5 Å². The molecule has 6 N–H and O–H groups in total. The Kier molecular flexibility index (Phi) is 11.1. The van der Waals surface area contributed by atoms with Crippen LogP contribution in [0.2, 0.25) is 0 Å². The largest absolute Gasteiger partial charge is 0.506 e. The topological polar surface area (TPSA) is 156 Å². The number of carbonyl (C=O) groups excluding carboxylic acids is 2. The Labute approximate surface area is 308 Å². The number of hydrogen-bond donors (Lipinski definition) is 6. The molecule has 11 nitrogen and oxygen atoms in total. The zero-order valence-corrected chi connectivity index (χ0v) is 29.5. The minimum atomic E-state index is -0.858. The molecule has 3 saturated heterocycles. The van der Waals surface area contributed by atoms with Gasteiger partial charge in [0.2, 0.25) is 11.5 Å². The Balaban J connectivity index is 0.887. The van der Waals surface area contributed by atoms with Crippen LogP contribution in [0.4, 0.5) is 16.2 Å². The van der Waals surface area contributed by atoms with Crippen molar-refractivity contribution >= 4 is 34.3 Å². The number of carbonyl (C=O) groups is 2. The molecular formula is C42H45N5O6. The molecule has 3 aliphatic rings. The third kappa shape index (κ3) is 8.94. The molecule has 0 aliphatic carbocycles. The number of aryl methyl sites for hydroxylation is 1. The van der Waals surface area contributed by atoms with E-state index in [0.717, 1.165) is 54.7 Å². The van der Waals surface area contributed by atoms with Gasteiger partial charge in [0.05, 0.1) is 17.3 Å². The van der Waals surface area contributed by atoms with Gasteiger partial charge in [-0.1, -0.05) is 60.7 Å². The molecule has 0 unspecified atom stereocenters. The summed E-state index contributed by atoms with van der Waals surface area (Å²) in [6, 6.07) is 29.6. The number of anilines is 2. The number of fused-ring (bicyclic) bond motifs is 4. The number of ether oxygens (including phenoxy) is 1. The molecule has 0 spiro atoms. The van der Waals surface area contributed by atoms with Gasteiger partial charge in [0.25, 0.3) is 0 Å². The van der Waals surface area contributed by atoms with Crippen LogP contribution in [0, 0.1) is 5.92 Å². The van der Waals surface area contributed by atoms with Crippen LogP contribution >= 0.6 is 0 Å². The number of aromatic amines is 1. The first-order chi connectivity index (χ1) is 25.8. The van der Waals surface area contributed by atoms with Crippen LogP contribution in [-0.4, -0.2) is 64.4 Å². The number of phenols is 1. The van der Waals surface area contributed by atoms with E-state index >= 15 is 0 Å². The number of nitrogens with one attached hydrogen (secondary N) is 4. The van der Waals surface area contributed by atoms with Gasteiger partial charge in [-0.25, -0.2) is 4.79 Å². The number of piperidine rings is 3. The minimum Gasteiger partial charge on any atom is -0.506 e. The first-order valence-corrected chi connectivity index (χ1v) is 18.3. The van der Waals surface area contributed by atoms with Crippen molar-refractivity contribution in [3.8, 4) is 16.9 Å². The summed E-state index contributed by atoms with van der Waals surface area (Å²) >= 11 is 0. The Morgan fingerprint density at radius 1 is 0.906 bits per heavy atom. The maximum Gasteiger partial charge on any atom is 0.411 e. The van der Waals surface area contributed by atoms with E-state index in [2.05, 4.69) is 25.8 Å². The number of aliphatic hydroxyl groups is 1. The highest BCUT2D eigenvalue weighted by Gasteiger charge is 2.36. The lowest BCUT2D eigenvalue weighted by Crippen LogP contribution is -2.52. The molecule has 11 heteroatoms. The van der Waals surface area contributed by atoms with E-state index < -0.39 is 12.2 Å². The maximum atomic E-state index is 13.1. The molecule has 0 saturated carbocycles. The quantitative estimate of drug-likeness (QED) is 0.0827. The standard InChI is InChI=1S/C42H45N5O6/c48-36-17-15-33(34-16-18-40(51)46-41(34)36)37(49)25-43-24-28-9-12-31(13-10-28)44-39(50)8-4-5-27-11-14-32(29-6-2-1-3-7-29)35(23-27)45-42(52)53-38-26-47-21-19-30(38)20-22-47/h1-3,6-7,9-18,23,30,37-38,43,48-49H,4-5,8,19-22,24-26H2,(H,44,50)(H,45,52)(H,46,51)/t37-,38-/m0/s1. The zero-order chi connectivity index (χ0) is 36.7. The van der Waals surface area contributed by atoms with E-state index in [9.17, 15) is 24.6 Å². The van der Waals surface area contributed by atoms with E-state index in [1.54, 1.807) is 12.1 Å². The second-order valence-corrected chi connectivity index (χ2v) is 14.0. The van der Waals surface area contributed by atoms with Gasteiger partial charge in [-0.3, -0.25) is 19.8 Å². The van der Waals surface area contributed by atoms with Gasteiger partial charge in [-0.15, -0.1) is 0 Å². The van der Waals surface area contributed by atoms with Crippen molar-refractivity contribution in [3.05, 3.63) is 124 Å². The average Bonchev–Trinajstić information content (AvgIpc) is 3.17. The fraction of sp³-hybridized carbons (Fsp3) is 0.310. The van der Waals surface area contributed by atoms with Crippen molar-refractivity contribution in [3.63, 3.8) is 0 Å². The van der Waals surface area contributed by atoms with Gasteiger partial charge in [-0.2, -0.15) is 0 Å². The smallest absolute Gasteiger partial charge is 0.411 e. The highest BCUT2D eigenvalue weighted by atomic mass is 16.6. The van der Waals surface area contributed by atoms with E-state index in [4.69, 9.17) is 4.74 Å². The van der Waals surface area contributed by atoms with Crippen molar-refractivity contribution in [2.24, 2.45) is 5.92 Å². The third-order valence-electron chi connectivity index (χ3n) is 10.3. The molecule has 274 valence electrons. The van der Waals surface area contributed by atoms with Crippen LogP contribution in [0.25, 0.3) is 22.0 Å². The number of aromatic nitrogens is 1. The van der Waals surface area contributed by atoms with Gasteiger partial charge in [-0.05, 0) is 97.3 Å². The molecule has 3 fully saturated rings. The first kappa shape index (κ1) is 35.9. The number of aromatic hydroxyl groups is 1. The van der Waals surface area contributed by atoms with E-state index in [1.807, 2.05) is 72.8 Å². The molecule has 1 aromatic heterocycles. The second kappa shape index (κ2) is 16.5. The minimum absolute atomic E-state index is 0.0520. The summed E-state index contributed by atoms with van der Waals surface area (Å²) in [6.07, 6.45) is 2.41. The van der Waals surface area contributed by atoms with Crippen LogP contribution in [0.15, 0.2) is 102 Å². The van der Waals surface area contributed by atoms with Gasteiger partial charge in [0, 0.05) is 48.8 Å². The van der Waals surface area contributed by atoms with Crippen molar-refractivity contribution in [2.45, 2.75) is 50.9 Å². The zero-order valence-electron chi connectivity index (χ0n) is 29.5. The number of H-pyrrole nitrogens is 1. The van der Waals surface area contributed by atoms with Gasteiger partial charge < -0.3 is 30.6 Å². The van der Waals surface area contributed by atoms with Crippen molar-refractivity contribution in [1.29, 1.82) is 0 Å². The fourth-order valence-corrected chi connectivity index (χ4v) is 7.44. The van der Waals surface area contributed by atoms with Crippen LogP contribution in [0.3, 0.4) is 0 Å². The summed E-state index contributed by atoms with van der Waals surface area (Å²) in [5.41, 5.74) is 5.87. The van der Waals surface area contributed by atoms with Crippen molar-refractivity contribution < 1.29 is 24.5 Å². The molecule has 2 amide bonds. The SMILES string of the molecule is O=C(CCCc1ccc(-c2ccccc2)c(NC(=O)O[C@H]2CN3CCC2CC3)c1)Nc1ccc(CNC[C@H](O)c2ccc(O)c3[nH]c(=O)ccc23)cc1. The van der Waals surface area contributed by atoms with Gasteiger partial charge in [0.15, 0.2) is 0 Å². The Hall–Kier alpha value is -5.49. The van der Waals surface area contributed by atoms with Crippen LogP contribution in [0.5, 0.6) is 5.75 Å². The summed E-state index contributed by atoms with van der Waals surface area (Å²) in [5, 5.41) is 30.8. The molecule has 3 aliphatic heterocycles. The van der Waals surface area contributed by atoms with Gasteiger partial charge >= 0.3 is 6.09 Å². The molecule has 4 heterocycles. The molecule has 4 aromatic carbocycles. The fourth-order valence-electron chi connectivity index (χ4n) is 7.44. The lowest BCUT2D eigenvalue weighted by atomic mass is 9.86. The number of rotatable bonds is 13. The number of phenolic OH excluding ortho intramolecular Hbond substituents is 1. The van der Waals surface area contributed by atoms with E-state index in [-0.39, 0.29) is 29.9 Å². The molecular weight excluding hydrogens is 670 g/mol. The first-order valence-electron chi connectivity index (χ1n) is 18.3.